The van der Waals surface area contributed by atoms with Crippen molar-refractivity contribution in [1.82, 2.24) is 4.90 Å². The standard InChI is InChI=1S/C17H23N3O5/c1-11-4-3-5-12(6-11)19(2)9-17(21)18-13-7-15-16(25-10-24-15)8-14(13)20(22)23/h7-8,11-12H,3-6,9-10H2,1-2H3,(H,18,21). The van der Waals surface area contributed by atoms with Crippen LogP contribution in [-0.4, -0.2) is 42.2 Å². The number of anilines is 1. The van der Waals surface area contributed by atoms with Gasteiger partial charge in [-0.3, -0.25) is 19.8 Å². The van der Waals surface area contributed by atoms with Gasteiger partial charge in [-0.2, -0.15) is 0 Å². The van der Waals surface area contributed by atoms with Crippen molar-refractivity contribution in [3.05, 3.63) is 22.2 Å². The fourth-order valence-electron chi connectivity index (χ4n) is 3.53. The number of ether oxygens (including phenoxy) is 2. The van der Waals surface area contributed by atoms with Gasteiger partial charge in [-0.25, -0.2) is 0 Å². The van der Waals surface area contributed by atoms with Crippen LogP contribution in [0.1, 0.15) is 32.6 Å². The van der Waals surface area contributed by atoms with E-state index >= 15 is 0 Å². The van der Waals surface area contributed by atoms with Crippen LogP contribution in [0.5, 0.6) is 11.5 Å². The second-order valence-electron chi connectivity index (χ2n) is 6.87. The summed E-state index contributed by atoms with van der Waals surface area (Å²) in [6.07, 6.45) is 4.57. The number of carbonyl (C=O) groups is 1. The van der Waals surface area contributed by atoms with Gasteiger partial charge in [0.15, 0.2) is 11.5 Å². The molecule has 2 unspecified atom stereocenters. The molecule has 1 aromatic carbocycles. The van der Waals surface area contributed by atoms with Crippen molar-refractivity contribution in [2.75, 3.05) is 25.7 Å². The summed E-state index contributed by atoms with van der Waals surface area (Å²) in [6.45, 7) is 2.45. The molecule has 2 aliphatic rings. The van der Waals surface area contributed by atoms with E-state index in [0.29, 0.717) is 23.5 Å². The maximum absolute atomic E-state index is 12.4. The number of carbonyl (C=O) groups excluding carboxylic acids is 1. The zero-order chi connectivity index (χ0) is 18.0. The molecule has 0 spiro atoms. The lowest BCUT2D eigenvalue weighted by Gasteiger charge is -2.33. The van der Waals surface area contributed by atoms with Crippen LogP contribution in [0.2, 0.25) is 0 Å². The number of nitro benzene ring substituents is 1. The van der Waals surface area contributed by atoms with Crippen molar-refractivity contribution < 1.29 is 19.2 Å². The number of benzene rings is 1. The Bertz CT molecular complexity index is 678. The second-order valence-corrected chi connectivity index (χ2v) is 6.87. The number of hydrogen-bond acceptors (Lipinski definition) is 6. The van der Waals surface area contributed by atoms with Crippen LogP contribution in [0.25, 0.3) is 0 Å². The average molecular weight is 349 g/mol. The largest absolute Gasteiger partial charge is 0.454 e. The van der Waals surface area contributed by atoms with E-state index in [1.165, 1.54) is 25.0 Å². The molecule has 1 N–H and O–H groups in total. The van der Waals surface area contributed by atoms with Gasteiger partial charge in [0.05, 0.1) is 17.5 Å². The maximum Gasteiger partial charge on any atom is 0.296 e. The van der Waals surface area contributed by atoms with Gasteiger partial charge >= 0.3 is 0 Å². The minimum atomic E-state index is -0.538. The molecule has 1 heterocycles. The number of amides is 1. The summed E-state index contributed by atoms with van der Waals surface area (Å²) in [6, 6.07) is 3.10. The van der Waals surface area contributed by atoms with Gasteiger partial charge in [0, 0.05) is 12.1 Å². The summed E-state index contributed by atoms with van der Waals surface area (Å²) < 4.78 is 10.4. The highest BCUT2D eigenvalue weighted by Crippen LogP contribution is 2.40. The lowest BCUT2D eigenvalue weighted by Crippen LogP contribution is -2.40. The molecule has 8 heteroatoms. The number of nitro groups is 1. The van der Waals surface area contributed by atoms with Crippen molar-refractivity contribution in [2.24, 2.45) is 5.92 Å². The molecule has 3 rings (SSSR count). The third-order valence-corrected chi connectivity index (χ3v) is 4.89. The Morgan fingerprint density at radius 3 is 2.76 bits per heavy atom. The lowest BCUT2D eigenvalue weighted by atomic mass is 9.86. The van der Waals surface area contributed by atoms with E-state index in [0.717, 1.165) is 12.8 Å². The molecule has 2 atom stereocenters. The minimum absolute atomic E-state index is 0.0203. The van der Waals surface area contributed by atoms with E-state index in [2.05, 4.69) is 12.2 Å². The zero-order valence-corrected chi connectivity index (χ0v) is 14.5. The molecule has 8 nitrogen and oxygen atoms in total. The van der Waals surface area contributed by atoms with E-state index in [1.54, 1.807) is 0 Å². The molecule has 1 aliphatic carbocycles. The molecule has 0 saturated heterocycles. The summed E-state index contributed by atoms with van der Waals surface area (Å²) in [5.41, 5.74) is -0.0730. The average Bonchev–Trinajstić information content (AvgIpc) is 3.01. The first kappa shape index (κ1) is 17.5. The first-order valence-electron chi connectivity index (χ1n) is 8.52. The van der Waals surface area contributed by atoms with Crippen molar-refractivity contribution >= 4 is 17.3 Å². The fourth-order valence-corrected chi connectivity index (χ4v) is 3.53. The SMILES string of the molecule is CC1CCCC(N(C)CC(=O)Nc2cc3c(cc2[N+](=O)[O-])OCO3)C1. The lowest BCUT2D eigenvalue weighted by molar-refractivity contribution is -0.384. The predicted molar refractivity (Wildman–Crippen MR) is 91.9 cm³/mol. The number of fused-ring (bicyclic) bond motifs is 1. The molecular formula is C17H23N3O5. The van der Waals surface area contributed by atoms with Crippen LogP contribution < -0.4 is 14.8 Å². The van der Waals surface area contributed by atoms with E-state index < -0.39 is 4.92 Å². The summed E-state index contributed by atoms with van der Waals surface area (Å²) in [5, 5.41) is 13.9. The van der Waals surface area contributed by atoms with Crippen LogP contribution >= 0.6 is 0 Å². The first-order chi connectivity index (χ1) is 11.9. The van der Waals surface area contributed by atoms with E-state index in [-0.39, 0.29) is 30.6 Å². The highest BCUT2D eigenvalue weighted by atomic mass is 16.7. The fraction of sp³-hybridized carbons (Fsp3) is 0.588. The van der Waals surface area contributed by atoms with Crippen LogP contribution in [-0.2, 0) is 4.79 Å². The Hall–Kier alpha value is -2.35. The molecule has 0 bridgehead atoms. The van der Waals surface area contributed by atoms with Crippen LogP contribution in [0.15, 0.2) is 12.1 Å². The van der Waals surface area contributed by atoms with E-state index in [1.807, 2.05) is 11.9 Å². The predicted octanol–water partition coefficient (Wildman–Crippen LogP) is 2.77. The smallest absolute Gasteiger partial charge is 0.296 e. The van der Waals surface area contributed by atoms with Gasteiger partial charge in [-0.05, 0) is 25.8 Å². The highest BCUT2D eigenvalue weighted by Gasteiger charge is 2.26. The van der Waals surface area contributed by atoms with Crippen molar-refractivity contribution in [3.63, 3.8) is 0 Å². The van der Waals surface area contributed by atoms with Gasteiger partial charge in [0.1, 0.15) is 5.69 Å². The summed E-state index contributed by atoms with van der Waals surface area (Å²) in [7, 11) is 1.93. The molecule has 1 saturated carbocycles. The topological polar surface area (TPSA) is 93.9 Å². The summed E-state index contributed by atoms with van der Waals surface area (Å²) >= 11 is 0. The van der Waals surface area contributed by atoms with Crippen molar-refractivity contribution in [1.29, 1.82) is 0 Å². The van der Waals surface area contributed by atoms with Gasteiger partial charge in [-0.15, -0.1) is 0 Å². The number of nitrogens with zero attached hydrogens (tertiary/aromatic N) is 2. The summed E-state index contributed by atoms with van der Waals surface area (Å²) in [5.74, 6) is 1.11. The van der Waals surface area contributed by atoms with Gasteiger partial charge < -0.3 is 14.8 Å². The number of nitrogens with one attached hydrogen (secondary N) is 1. The summed E-state index contributed by atoms with van der Waals surface area (Å²) in [4.78, 5) is 25.1. The van der Waals surface area contributed by atoms with Crippen molar-refractivity contribution in [2.45, 2.75) is 38.6 Å². The van der Waals surface area contributed by atoms with Gasteiger partial charge in [0.2, 0.25) is 12.7 Å². The number of likely N-dealkylation sites (N-methyl/N-ethyl adjacent to an activating group) is 1. The molecule has 0 aromatic heterocycles. The third-order valence-electron chi connectivity index (χ3n) is 4.89. The van der Waals surface area contributed by atoms with Crippen molar-refractivity contribution in [3.8, 4) is 11.5 Å². The number of hydrogen-bond donors (Lipinski definition) is 1. The molecule has 1 amide bonds. The molecule has 136 valence electrons. The van der Waals surface area contributed by atoms with Crippen LogP contribution in [0, 0.1) is 16.0 Å². The zero-order valence-electron chi connectivity index (χ0n) is 14.5. The van der Waals surface area contributed by atoms with Crippen LogP contribution in [0.4, 0.5) is 11.4 Å². The molecular weight excluding hydrogens is 326 g/mol. The Morgan fingerprint density at radius 2 is 2.08 bits per heavy atom. The van der Waals surface area contributed by atoms with Gasteiger partial charge in [0.25, 0.3) is 5.69 Å². The second kappa shape index (κ2) is 7.26. The minimum Gasteiger partial charge on any atom is -0.454 e. The molecule has 0 radical (unpaired) electrons. The Kier molecular flexibility index (Phi) is 5.08. The quantitative estimate of drug-likeness (QED) is 0.649. The Labute approximate surface area is 146 Å². The van der Waals surface area contributed by atoms with Crippen LogP contribution in [0.3, 0.4) is 0 Å². The number of rotatable bonds is 5. The van der Waals surface area contributed by atoms with E-state index in [4.69, 9.17) is 9.47 Å². The normalized spacial score (nSPS) is 22.0. The maximum atomic E-state index is 12.4. The monoisotopic (exact) mass is 349 g/mol. The molecule has 1 aliphatic heterocycles. The molecule has 1 aromatic rings. The molecule has 1 fully saturated rings. The van der Waals surface area contributed by atoms with Gasteiger partial charge in [-0.1, -0.05) is 19.8 Å². The first-order valence-corrected chi connectivity index (χ1v) is 8.52. The third kappa shape index (κ3) is 4.01. The van der Waals surface area contributed by atoms with E-state index in [9.17, 15) is 14.9 Å². The Balaban J connectivity index is 1.67. The molecule has 25 heavy (non-hydrogen) atoms. The highest BCUT2D eigenvalue weighted by molar-refractivity contribution is 5.95. The Morgan fingerprint density at radius 1 is 1.36 bits per heavy atom.